The molecule has 17 heavy (non-hydrogen) atoms. The zero-order valence-electron chi connectivity index (χ0n) is 12.2. The van der Waals surface area contributed by atoms with Crippen LogP contribution >= 0.6 is 0 Å². The van der Waals surface area contributed by atoms with Crippen molar-refractivity contribution in [3.8, 4) is 0 Å². The molecule has 0 amide bonds. The molecule has 3 heteroatoms. The van der Waals surface area contributed by atoms with E-state index in [-0.39, 0.29) is 0 Å². The van der Waals surface area contributed by atoms with Gasteiger partial charge in [-0.05, 0) is 52.9 Å². The van der Waals surface area contributed by atoms with E-state index in [1.807, 2.05) is 0 Å². The Balaban J connectivity index is 2.38. The van der Waals surface area contributed by atoms with E-state index in [4.69, 9.17) is 0 Å². The van der Waals surface area contributed by atoms with Crippen molar-refractivity contribution in [2.45, 2.75) is 51.6 Å². The van der Waals surface area contributed by atoms with Crippen LogP contribution in [-0.2, 0) is 0 Å². The van der Waals surface area contributed by atoms with Gasteiger partial charge in [0.05, 0.1) is 0 Å². The zero-order chi connectivity index (χ0) is 12.7. The number of hydrogen-bond donors (Lipinski definition) is 1. The highest BCUT2D eigenvalue weighted by Gasteiger charge is 2.25. The van der Waals surface area contributed by atoms with Gasteiger partial charge in [-0.1, -0.05) is 13.8 Å². The first-order valence-electron chi connectivity index (χ1n) is 7.30. The second-order valence-electron chi connectivity index (χ2n) is 5.49. The summed E-state index contributed by atoms with van der Waals surface area (Å²) in [6.07, 6.45) is 5.19. The molecule has 3 nitrogen and oxygen atoms in total. The minimum absolute atomic E-state index is 0.693. The van der Waals surface area contributed by atoms with Gasteiger partial charge in [0.2, 0.25) is 0 Å². The minimum Gasteiger partial charge on any atom is -0.315 e. The summed E-state index contributed by atoms with van der Waals surface area (Å²) in [5.41, 5.74) is 0. The summed E-state index contributed by atoms with van der Waals surface area (Å²) in [6, 6.07) is 1.44. The van der Waals surface area contributed by atoms with Gasteiger partial charge in [0.1, 0.15) is 0 Å². The Morgan fingerprint density at radius 1 is 1.41 bits per heavy atom. The third-order valence-corrected chi connectivity index (χ3v) is 4.03. The molecule has 1 saturated heterocycles. The highest BCUT2D eigenvalue weighted by molar-refractivity contribution is 4.82. The molecule has 1 rings (SSSR count). The standard InChI is InChI=1S/C14H31N3/c1-5-9-15-11-13(6-2)17(4)14-8-7-10-16(3)12-14/h13-15H,5-12H2,1-4H3. The molecular weight excluding hydrogens is 210 g/mol. The molecule has 1 heterocycles. The van der Waals surface area contributed by atoms with Crippen LogP contribution in [0.25, 0.3) is 0 Å². The number of likely N-dealkylation sites (tertiary alicyclic amines) is 1. The van der Waals surface area contributed by atoms with E-state index < -0.39 is 0 Å². The summed E-state index contributed by atoms with van der Waals surface area (Å²) in [5, 5.41) is 3.56. The van der Waals surface area contributed by atoms with Gasteiger partial charge in [0, 0.05) is 25.2 Å². The van der Waals surface area contributed by atoms with Crippen LogP contribution in [0.4, 0.5) is 0 Å². The normalized spacial score (nSPS) is 24.2. The Morgan fingerprint density at radius 3 is 2.76 bits per heavy atom. The third kappa shape index (κ3) is 4.94. The van der Waals surface area contributed by atoms with Crippen molar-refractivity contribution in [3.05, 3.63) is 0 Å². The average molecular weight is 241 g/mol. The minimum atomic E-state index is 0.693. The second kappa shape index (κ2) is 8.06. The SMILES string of the molecule is CCCNCC(CC)N(C)C1CCCN(C)C1. The van der Waals surface area contributed by atoms with Gasteiger partial charge in [-0.2, -0.15) is 0 Å². The number of nitrogens with one attached hydrogen (secondary N) is 1. The number of hydrogen-bond acceptors (Lipinski definition) is 3. The Hall–Kier alpha value is -0.120. The number of rotatable bonds is 7. The highest BCUT2D eigenvalue weighted by atomic mass is 15.2. The van der Waals surface area contributed by atoms with Crippen LogP contribution in [0.15, 0.2) is 0 Å². The van der Waals surface area contributed by atoms with E-state index >= 15 is 0 Å². The molecule has 0 radical (unpaired) electrons. The molecule has 0 bridgehead atoms. The molecule has 1 fully saturated rings. The number of nitrogens with zero attached hydrogens (tertiary/aromatic N) is 2. The van der Waals surface area contributed by atoms with E-state index in [1.54, 1.807) is 0 Å². The van der Waals surface area contributed by atoms with Gasteiger partial charge in [-0.25, -0.2) is 0 Å². The van der Waals surface area contributed by atoms with Crippen LogP contribution in [0.2, 0.25) is 0 Å². The number of likely N-dealkylation sites (N-methyl/N-ethyl adjacent to an activating group) is 2. The molecule has 2 atom stereocenters. The lowest BCUT2D eigenvalue weighted by atomic mass is 10.0. The molecule has 1 aliphatic heterocycles. The first kappa shape index (κ1) is 14.9. The van der Waals surface area contributed by atoms with Crippen LogP contribution in [0.1, 0.15) is 39.5 Å². The second-order valence-corrected chi connectivity index (χ2v) is 5.49. The number of piperidine rings is 1. The van der Waals surface area contributed by atoms with Crippen molar-refractivity contribution in [2.24, 2.45) is 0 Å². The van der Waals surface area contributed by atoms with Crippen molar-refractivity contribution >= 4 is 0 Å². The molecule has 102 valence electrons. The lowest BCUT2D eigenvalue weighted by Gasteiger charge is -2.40. The fraction of sp³-hybridized carbons (Fsp3) is 1.00. The Kier molecular flexibility index (Phi) is 7.09. The van der Waals surface area contributed by atoms with Crippen LogP contribution < -0.4 is 5.32 Å². The molecule has 0 saturated carbocycles. The summed E-state index contributed by atoms with van der Waals surface area (Å²) in [6.45, 7) is 9.33. The molecule has 1 N–H and O–H groups in total. The van der Waals surface area contributed by atoms with Gasteiger partial charge in [0.25, 0.3) is 0 Å². The van der Waals surface area contributed by atoms with E-state index in [1.165, 1.54) is 38.8 Å². The summed E-state index contributed by atoms with van der Waals surface area (Å²) in [7, 11) is 4.56. The molecule has 2 unspecified atom stereocenters. The van der Waals surface area contributed by atoms with Crippen LogP contribution in [0.5, 0.6) is 0 Å². The average Bonchev–Trinajstić information content (AvgIpc) is 2.34. The van der Waals surface area contributed by atoms with Crippen molar-refractivity contribution in [3.63, 3.8) is 0 Å². The third-order valence-electron chi connectivity index (χ3n) is 4.03. The largest absolute Gasteiger partial charge is 0.315 e. The maximum absolute atomic E-state index is 3.56. The van der Waals surface area contributed by atoms with E-state index in [2.05, 4.69) is 43.1 Å². The van der Waals surface area contributed by atoms with Crippen molar-refractivity contribution < 1.29 is 0 Å². The van der Waals surface area contributed by atoms with Gasteiger partial charge in [-0.15, -0.1) is 0 Å². The fourth-order valence-electron chi connectivity index (χ4n) is 2.79. The molecule has 1 aliphatic rings. The van der Waals surface area contributed by atoms with E-state index in [0.29, 0.717) is 6.04 Å². The molecule has 0 aromatic carbocycles. The molecule has 0 spiro atoms. The topological polar surface area (TPSA) is 18.5 Å². The first-order chi connectivity index (χ1) is 8.19. The van der Waals surface area contributed by atoms with Gasteiger partial charge < -0.3 is 10.2 Å². The summed E-state index contributed by atoms with van der Waals surface area (Å²) < 4.78 is 0. The molecule has 0 aromatic rings. The maximum Gasteiger partial charge on any atom is 0.0223 e. The summed E-state index contributed by atoms with van der Waals surface area (Å²) >= 11 is 0. The van der Waals surface area contributed by atoms with E-state index in [0.717, 1.165) is 19.1 Å². The van der Waals surface area contributed by atoms with E-state index in [9.17, 15) is 0 Å². The predicted octanol–water partition coefficient (Wildman–Crippen LogP) is 1.79. The van der Waals surface area contributed by atoms with Crippen molar-refractivity contribution in [1.82, 2.24) is 15.1 Å². The van der Waals surface area contributed by atoms with Crippen LogP contribution in [-0.4, -0.2) is 62.2 Å². The van der Waals surface area contributed by atoms with Crippen LogP contribution in [0, 0.1) is 0 Å². The van der Waals surface area contributed by atoms with Gasteiger partial charge in [-0.3, -0.25) is 4.90 Å². The fourth-order valence-corrected chi connectivity index (χ4v) is 2.79. The van der Waals surface area contributed by atoms with Gasteiger partial charge >= 0.3 is 0 Å². The smallest absolute Gasteiger partial charge is 0.0223 e. The van der Waals surface area contributed by atoms with Gasteiger partial charge in [0.15, 0.2) is 0 Å². The summed E-state index contributed by atoms with van der Waals surface area (Å²) in [4.78, 5) is 5.08. The molecule has 0 aliphatic carbocycles. The van der Waals surface area contributed by atoms with Crippen LogP contribution in [0.3, 0.4) is 0 Å². The lowest BCUT2D eigenvalue weighted by Crippen LogP contribution is -2.51. The molecular formula is C14H31N3. The lowest BCUT2D eigenvalue weighted by molar-refractivity contribution is 0.0958. The quantitative estimate of drug-likeness (QED) is 0.686. The highest BCUT2D eigenvalue weighted by Crippen LogP contribution is 2.16. The summed E-state index contributed by atoms with van der Waals surface area (Å²) in [5.74, 6) is 0. The van der Waals surface area contributed by atoms with Crippen molar-refractivity contribution in [2.75, 3.05) is 40.3 Å². The Bertz CT molecular complexity index is 196. The first-order valence-corrected chi connectivity index (χ1v) is 7.30. The zero-order valence-corrected chi connectivity index (χ0v) is 12.2. The monoisotopic (exact) mass is 241 g/mol. The molecule has 0 aromatic heterocycles. The van der Waals surface area contributed by atoms with Crippen molar-refractivity contribution in [1.29, 1.82) is 0 Å². The predicted molar refractivity (Wildman–Crippen MR) is 75.5 cm³/mol. The Morgan fingerprint density at radius 2 is 2.18 bits per heavy atom. The Labute approximate surface area is 108 Å². The maximum atomic E-state index is 3.56.